The maximum absolute atomic E-state index is 12.0. The van der Waals surface area contributed by atoms with Crippen LogP contribution in [0.3, 0.4) is 0 Å². The number of carbonyl (C=O) groups excluding carboxylic acids is 1. The van der Waals surface area contributed by atoms with Gasteiger partial charge in [-0.2, -0.15) is 0 Å². The van der Waals surface area contributed by atoms with Crippen molar-refractivity contribution in [3.8, 4) is 0 Å². The molecule has 7 N–H and O–H groups in total. The Kier molecular flexibility index (Phi) is 5.87. The van der Waals surface area contributed by atoms with E-state index in [0.29, 0.717) is 6.42 Å². The second-order valence-electron chi connectivity index (χ2n) is 5.71. The maximum atomic E-state index is 12.0. The molecule has 1 aliphatic heterocycles. The molecule has 0 saturated carbocycles. The zero-order valence-electron chi connectivity index (χ0n) is 12.6. The highest BCUT2D eigenvalue weighted by molar-refractivity contribution is 5.81. The normalized spacial score (nSPS) is 29.8. The molecule has 0 spiro atoms. The first-order chi connectivity index (χ1) is 10.5. The molecule has 0 aliphatic carbocycles. The first-order valence-electron chi connectivity index (χ1n) is 7.43. The van der Waals surface area contributed by atoms with Crippen LogP contribution in [-0.2, 0) is 11.2 Å². The van der Waals surface area contributed by atoms with Crippen molar-refractivity contribution in [2.75, 3.05) is 6.54 Å². The largest absolute Gasteiger partial charge is 0.389 e. The molecule has 1 fully saturated rings. The van der Waals surface area contributed by atoms with Crippen LogP contribution in [0.1, 0.15) is 12.5 Å². The number of hydrogen-bond donors (Lipinski definition) is 6. The molecule has 0 radical (unpaired) electrons. The van der Waals surface area contributed by atoms with Crippen molar-refractivity contribution in [3.63, 3.8) is 0 Å². The summed E-state index contributed by atoms with van der Waals surface area (Å²) >= 11 is 0. The van der Waals surface area contributed by atoms with Crippen molar-refractivity contribution in [2.45, 2.75) is 43.7 Å². The van der Waals surface area contributed by atoms with E-state index in [4.69, 9.17) is 5.73 Å². The lowest BCUT2D eigenvalue weighted by molar-refractivity contribution is -0.123. The third kappa shape index (κ3) is 4.25. The Morgan fingerprint density at radius 2 is 1.95 bits per heavy atom. The molecule has 2 rings (SSSR count). The maximum Gasteiger partial charge on any atom is 0.237 e. The molecule has 1 saturated heterocycles. The Hall–Kier alpha value is -1.51. The van der Waals surface area contributed by atoms with Crippen LogP contribution in [0.4, 0.5) is 0 Å². The number of amides is 1. The topological polar surface area (TPSA) is 120 Å². The SMILES string of the molecule is C[C@@H]1NN[C@@H](CNC(=O)[C@@H](N)Cc2ccccc2)[C@H](O)[C@@H]1O. The van der Waals surface area contributed by atoms with Gasteiger partial charge in [-0.1, -0.05) is 30.3 Å². The molecule has 1 amide bonds. The molecule has 5 atom stereocenters. The molecule has 22 heavy (non-hydrogen) atoms. The summed E-state index contributed by atoms with van der Waals surface area (Å²) in [4.78, 5) is 12.0. The Morgan fingerprint density at radius 1 is 1.27 bits per heavy atom. The second kappa shape index (κ2) is 7.66. The van der Waals surface area contributed by atoms with E-state index < -0.39 is 24.3 Å². The number of carbonyl (C=O) groups is 1. The van der Waals surface area contributed by atoms with Crippen molar-refractivity contribution in [1.82, 2.24) is 16.2 Å². The van der Waals surface area contributed by atoms with Gasteiger partial charge in [0.25, 0.3) is 0 Å². The van der Waals surface area contributed by atoms with Gasteiger partial charge in [-0.3, -0.25) is 10.2 Å². The van der Waals surface area contributed by atoms with E-state index in [1.165, 1.54) is 0 Å². The molecule has 7 nitrogen and oxygen atoms in total. The Bertz CT molecular complexity index is 485. The standard InChI is InChI=1S/C15H24N4O3/c1-9-13(20)14(21)12(19-18-9)8-17-15(22)11(16)7-10-5-3-2-4-6-10/h2-6,9,11-14,18-21H,7-8,16H2,1H3,(H,17,22)/t9-,11-,12-,13+,14-/m0/s1. The van der Waals surface area contributed by atoms with E-state index in [-0.39, 0.29) is 18.5 Å². The van der Waals surface area contributed by atoms with Crippen LogP contribution in [0.5, 0.6) is 0 Å². The molecular formula is C15H24N4O3. The second-order valence-corrected chi connectivity index (χ2v) is 5.71. The first-order valence-corrected chi connectivity index (χ1v) is 7.43. The van der Waals surface area contributed by atoms with E-state index in [1.54, 1.807) is 6.92 Å². The number of rotatable bonds is 5. The van der Waals surface area contributed by atoms with E-state index in [0.717, 1.165) is 5.56 Å². The predicted octanol–water partition coefficient (Wildman–Crippen LogP) is -1.74. The highest BCUT2D eigenvalue weighted by Crippen LogP contribution is 2.08. The summed E-state index contributed by atoms with van der Waals surface area (Å²) in [6.07, 6.45) is -1.39. The number of aliphatic hydroxyl groups is 2. The number of benzene rings is 1. The molecule has 1 aliphatic rings. The van der Waals surface area contributed by atoms with Crippen LogP contribution >= 0.6 is 0 Å². The third-order valence-electron chi connectivity index (χ3n) is 3.90. The lowest BCUT2D eigenvalue weighted by Gasteiger charge is -2.37. The smallest absolute Gasteiger partial charge is 0.237 e. The van der Waals surface area contributed by atoms with Gasteiger partial charge in [0.05, 0.1) is 24.3 Å². The van der Waals surface area contributed by atoms with Gasteiger partial charge < -0.3 is 21.3 Å². The number of aliphatic hydroxyl groups excluding tert-OH is 2. The quantitative estimate of drug-likeness (QED) is 0.384. The van der Waals surface area contributed by atoms with Gasteiger partial charge in [-0.05, 0) is 18.9 Å². The number of nitrogens with two attached hydrogens (primary N) is 1. The van der Waals surface area contributed by atoms with Gasteiger partial charge in [0.15, 0.2) is 0 Å². The van der Waals surface area contributed by atoms with Gasteiger partial charge in [-0.15, -0.1) is 0 Å². The molecule has 7 heteroatoms. The Labute approximate surface area is 129 Å². The molecule has 0 bridgehead atoms. The summed E-state index contributed by atoms with van der Waals surface area (Å²) in [6, 6.07) is 8.15. The van der Waals surface area contributed by atoms with Gasteiger partial charge in [-0.25, -0.2) is 5.43 Å². The Balaban J connectivity index is 1.80. The summed E-state index contributed by atoms with van der Waals surface area (Å²) < 4.78 is 0. The van der Waals surface area contributed by atoms with Crippen LogP contribution in [0.2, 0.25) is 0 Å². The van der Waals surface area contributed by atoms with E-state index >= 15 is 0 Å². The summed E-state index contributed by atoms with van der Waals surface area (Å²) in [5, 5.41) is 22.5. The van der Waals surface area contributed by atoms with Crippen LogP contribution in [-0.4, -0.2) is 53.0 Å². The minimum atomic E-state index is -0.957. The lowest BCUT2D eigenvalue weighted by atomic mass is 9.98. The van der Waals surface area contributed by atoms with Crippen molar-refractivity contribution >= 4 is 5.91 Å². The fraction of sp³-hybridized carbons (Fsp3) is 0.533. The molecule has 0 unspecified atom stereocenters. The minimum Gasteiger partial charge on any atom is -0.389 e. The average Bonchev–Trinajstić information content (AvgIpc) is 2.52. The summed E-state index contributed by atoms with van der Waals surface area (Å²) in [5.41, 5.74) is 12.6. The minimum absolute atomic E-state index is 0.180. The van der Waals surface area contributed by atoms with E-state index in [9.17, 15) is 15.0 Å². The van der Waals surface area contributed by atoms with Crippen LogP contribution in [0.25, 0.3) is 0 Å². The van der Waals surface area contributed by atoms with Crippen LogP contribution in [0, 0.1) is 0 Å². The summed E-state index contributed by atoms with van der Waals surface area (Å²) in [6.45, 7) is 1.94. The number of hydrogen-bond acceptors (Lipinski definition) is 6. The monoisotopic (exact) mass is 308 g/mol. The third-order valence-corrected chi connectivity index (χ3v) is 3.90. The molecule has 122 valence electrons. The van der Waals surface area contributed by atoms with E-state index in [2.05, 4.69) is 16.2 Å². The van der Waals surface area contributed by atoms with Gasteiger partial charge >= 0.3 is 0 Å². The fourth-order valence-corrected chi connectivity index (χ4v) is 2.42. The molecule has 1 aromatic rings. The predicted molar refractivity (Wildman–Crippen MR) is 82.7 cm³/mol. The Morgan fingerprint density at radius 3 is 2.64 bits per heavy atom. The average molecular weight is 308 g/mol. The fourth-order valence-electron chi connectivity index (χ4n) is 2.42. The van der Waals surface area contributed by atoms with Crippen molar-refractivity contribution in [3.05, 3.63) is 35.9 Å². The van der Waals surface area contributed by atoms with E-state index in [1.807, 2.05) is 30.3 Å². The molecular weight excluding hydrogens is 284 g/mol. The first kappa shape index (κ1) is 16.9. The van der Waals surface area contributed by atoms with Crippen molar-refractivity contribution in [1.29, 1.82) is 0 Å². The zero-order chi connectivity index (χ0) is 16.1. The van der Waals surface area contributed by atoms with Gasteiger partial charge in [0.2, 0.25) is 5.91 Å². The highest BCUT2D eigenvalue weighted by atomic mass is 16.3. The number of hydrazine groups is 1. The summed E-state index contributed by atoms with van der Waals surface area (Å²) in [5.74, 6) is -0.286. The van der Waals surface area contributed by atoms with Gasteiger partial charge in [0, 0.05) is 12.6 Å². The van der Waals surface area contributed by atoms with Crippen molar-refractivity contribution < 1.29 is 15.0 Å². The molecule has 1 aromatic carbocycles. The van der Waals surface area contributed by atoms with Crippen LogP contribution in [0.15, 0.2) is 30.3 Å². The molecule has 1 heterocycles. The lowest BCUT2D eigenvalue weighted by Crippen LogP contribution is -2.67. The zero-order valence-corrected chi connectivity index (χ0v) is 12.6. The summed E-state index contributed by atoms with van der Waals surface area (Å²) in [7, 11) is 0. The van der Waals surface area contributed by atoms with Crippen LogP contribution < -0.4 is 21.9 Å². The highest BCUT2D eigenvalue weighted by Gasteiger charge is 2.35. The molecule has 0 aromatic heterocycles. The van der Waals surface area contributed by atoms with Crippen molar-refractivity contribution in [2.24, 2.45) is 5.73 Å². The number of nitrogens with one attached hydrogen (secondary N) is 3. The van der Waals surface area contributed by atoms with Gasteiger partial charge in [0.1, 0.15) is 0 Å².